The highest BCUT2D eigenvalue weighted by atomic mass is 35.5. The fraction of sp³-hybridized carbons (Fsp3) is 0.188. The number of thiazole rings is 2. The molecule has 1 aliphatic heterocycles. The molecule has 30 heavy (non-hydrogen) atoms. The first-order valence-electron chi connectivity index (χ1n) is 7.96. The van der Waals surface area contributed by atoms with Gasteiger partial charge in [-0.15, -0.1) is 34.3 Å². The summed E-state index contributed by atoms with van der Waals surface area (Å²) in [5, 5.41) is 1.72. The van der Waals surface area contributed by atoms with Crippen LogP contribution in [0.1, 0.15) is 16.3 Å². The van der Waals surface area contributed by atoms with Crippen LogP contribution >= 0.6 is 69.1 Å². The van der Waals surface area contributed by atoms with E-state index in [2.05, 4.69) is 30.2 Å². The molecule has 3 aromatic rings. The van der Waals surface area contributed by atoms with Crippen molar-refractivity contribution in [3.8, 4) is 10.7 Å². The highest BCUT2D eigenvalue weighted by Gasteiger charge is 2.31. The molecule has 0 saturated carbocycles. The van der Waals surface area contributed by atoms with Gasteiger partial charge in [0.05, 0.1) is 32.2 Å². The van der Waals surface area contributed by atoms with Gasteiger partial charge in [-0.1, -0.05) is 34.8 Å². The molecule has 0 aliphatic carbocycles. The second-order valence-corrected chi connectivity index (χ2v) is 8.87. The molecule has 3 aromatic heterocycles. The Morgan fingerprint density at radius 2 is 1.47 bits per heavy atom. The lowest BCUT2D eigenvalue weighted by molar-refractivity contribution is -0.127. The third kappa shape index (κ3) is 4.96. The van der Waals surface area contributed by atoms with Crippen molar-refractivity contribution < 1.29 is 9.59 Å². The molecule has 4 heterocycles. The van der Waals surface area contributed by atoms with E-state index in [9.17, 15) is 9.59 Å². The van der Waals surface area contributed by atoms with E-state index in [1.54, 1.807) is 17.9 Å². The Bertz CT molecular complexity index is 1140. The number of amides is 2. The summed E-state index contributed by atoms with van der Waals surface area (Å²) in [4.78, 5) is 43.9. The molecule has 0 fully saturated rings. The van der Waals surface area contributed by atoms with Gasteiger partial charge in [0, 0.05) is 0 Å². The number of amidine groups is 1. The fourth-order valence-electron chi connectivity index (χ4n) is 2.14. The summed E-state index contributed by atoms with van der Waals surface area (Å²) in [6.45, 7) is 3.64. The predicted molar refractivity (Wildman–Crippen MR) is 119 cm³/mol. The number of carbonyl (C=O) groups excluding carboxylic acids is 2. The molecule has 1 N–H and O–H groups in total. The first kappa shape index (κ1) is 23.0. The number of hydrogen-bond donors (Lipinski definition) is 1. The minimum absolute atomic E-state index is 0.152. The average Bonchev–Trinajstić information content (AvgIpc) is 3.32. The maximum Gasteiger partial charge on any atom is 0.275 e. The molecular formula is C16H10Cl4N6O2S2. The molecule has 0 bridgehead atoms. The molecule has 1 atom stereocenters. The maximum absolute atomic E-state index is 11.3. The van der Waals surface area contributed by atoms with Crippen molar-refractivity contribution in [3.05, 3.63) is 42.6 Å². The number of aliphatic imine (C=N–C) groups is 1. The smallest absolute Gasteiger partial charge is 0.275 e. The van der Waals surface area contributed by atoms with Crippen molar-refractivity contribution >= 4 is 86.7 Å². The van der Waals surface area contributed by atoms with Crippen LogP contribution in [0.4, 0.5) is 0 Å². The van der Waals surface area contributed by atoms with Gasteiger partial charge in [0.2, 0.25) is 0 Å². The van der Waals surface area contributed by atoms with E-state index in [-0.39, 0.29) is 21.2 Å². The normalized spacial score (nSPS) is 15.9. The van der Waals surface area contributed by atoms with Crippen molar-refractivity contribution in [3.63, 3.8) is 0 Å². The summed E-state index contributed by atoms with van der Waals surface area (Å²) in [5.74, 6) is -0.487. The lowest BCUT2D eigenvalue weighted by Gasteiger charge is -2.14. The molecule has 0 saturated heterocycles. The van der Waals surface area contributed by atoms with Gasteiger partial charge in [0.1, 0.15) is 5.02 Å². The van der Waals surface area contributed by atoms with E-state index < -0.39 is 17.2 Å². The van der Waals surface area contributed by atoms with Crippen molar-refractivity contribution in [2.24, 2.45) is 4.99 Å². The third-order valence-electron chi connectivity index (χ3n) is 3.59. The molecule has 1 unspecified atom stereocenters. The highest BCUT2D eigenvalue weighted by molar-refractivity contribution is 7.13. The molecule has 8 nitrogen and oxygen atoms in total. The van der Waals surface area contributed by atoms with Crippen LogP contribution in [0.15, 0.2) is 16.0 Å². The molecule has 2 amide bonds. The molecule has 14 heteroatoms. The molecular weight excluding hydrogens is 514 g/mol. The molecule has 0 spiro atoms. The van der Waals surface area contributed by atoms with E-state index in [4.69, 9.17) is 46.4 Å². The van der Waals surface area contributed by atoms with Gasteiger partial charge < -0.3 is 5.32 Å². The Morgan fingerprint density at radius 1 is 0.933 bits per heavy atom. The number of nitrogens with one attached hydrogen (secondary N) is 1. The Morgan fingerprint density at radius 3 is 1.93 bits per heavy atom. The maximum atomic E-state index is 11.3. The van der Waals surface area contributed by atoms with Gasteiger partial charge in [-0.05, 0) is 13.8 Å². The van der Waals surface area contributed by atoms with E-state index in [0.717, 1.165) is 16.3 Å². The Labute approximate surface area is 198 Å². The standard InChI is InChI=1S/C8H4Cl3N3S.C8H6ClN3O2S/c1-3-5(15-2-12-3)8-13-6(10)4(9)7(11)14-8;1-3-5(15-2-10-3)6-11-7(13)4(9)8(14)12-6/h2H,1H3;2,4H,1H3,(H,11,12,13,14). The number of nitrogens with zero attached hydrogens (tertiary/aromatic N) is 5. The van der Waals surface area contributed by atoms with Gasteiger partial charge in [0.15, 0.2) is 27.3 Å². The summed E-state index contributed by atoms with van der Waals surface area (Å²) in [5.41, 5.74) is 4.90. The summed E-state index contributed by atoms with van der Waals surface area (Å²) in [7, 11) is 0. The number of halogens is 4. The molecule has 0 aromatic carbocycles. The van der Waals surface area contributed by atoms with Crippen LogP contribution in [0.3, 0.4) is 0 Å². The van der Waals surface area contributed by atoms with Crippen molar-refractivity contribution in [2.75, 3.05) is 0 Å². The Balaban J connectivity index is 0.000000171. The van der Waals surface area contributed by atoms with Crippen LogP contribution in [0.25, 0.3) is 10.7 Å². The monoisotopic (exact) mass is 522 g/mol. The molecule has 4 rings (SSSR count). The van der Waals surface area contributed by atoms with Crippen LogP contribution < -0.4 is 5.32 Å². The van der Waals surface area contributed by atoms with Crippen molar-refractivity contribution in [2.45, 2.75) is 19.2 Å². The quantitative estimate of drug-likeness (QED) is 0.304. The van der Waals surface area contributed by atoms with Gasteiger partial charge >= 0.3 is 0 Å². The number of alkyl halides is 1. The second kappa shape index (κ2) is 9.63. The Kier molecular flexibility index (Phi) is 7.38. The lowest BCUT2D eigenvalue weighted by Crippen LogP contribution is -2.45. The minimum atomic E-state index is -1.22. The SMILES string of the molecule is Cc1ncsc1-c1nc(Cl)c(Cl)c(Cl)n1.Cc1ncsc1C1=NC(=O)C(Cl)C(=O)N1. The summed E-state index contributed by atoms with van der Waals surface area (Å²) >= 11 is 25.6. The summed E-state index contributed by atoms with van der Waals surface area (Å²) in [6.07, 6.45) is 0. The number of hydrogen-bond acceptors (Lipinski definition) is 8. The highest BCUT2D eigenvalue weighted by Crippen LogP contribution is 2.31. The van der Waals surface area contributed by atoms with Crippen molar-refractivity contribution in [1.29, 1.82) is 0 Å². The first-order valence-corrected chi connectivity index (χ1v) is 11.3. The average molecular weight is 524 g/mol. The summed E-state index contributed by atoms with van der Waals surface area (Å²) in [6, 6.07) is 0. The van der Waals surface area contributed by atoms with E-state index in [1.807, 2.05) is 6.92 Å². The number of carbonyl (C=O) groups is 2. The largest absolute Gasteiger partial charge is 0.308 e. The van der Waals surface area contributed by atoms with Crippen LogP contribution in [-0.2, 0) is 9.59 Å². The van der Waals surface area contributed by atoms with Crippen LogP contribution in [0.5, 0.6) is 0 Å². The van der Waals surface area contributed by atoms with Crippen LogP contribution in [-0.4, -0.2) is 43.0 Å². The van der Waals surface area contributed by atoms with E-state index in [0.29, 0.717) is 10.7 Å². The van der Waals surface area contributed by atoms with Crippen LogP contribution in [0, 0.1) is 13.8 Å². The third-order valence-corrected chi connectivity index (χ3v) is 6.93. The van der Waals surface area contributed by atoms with Gasteiger partial charge in [-0.2, -0.15) is 4.99 Å². The molecule has 0 radical (unpaired) electrons. The predicted octanol–water partition coefficient (Wildman–Crippen LogP) is 4.33. The minimum Gasteiger partial charge on any atom is -0.308 e. The van der Waals surface area contributed by atoms with Gasteiger partial charge in [0.25, 0.3) is 11.8 Å². The van der Waals surface area contributed by atoms with Gasteiger partial charge in [-0.25, -0.2) is 19.9 Å². The van der Waals surface area contributed by atoms with E-state index in [1.165, 1.54) is 22.7 Å². The zero-order valence-electron chi connectivity index (χ0n) is 15.1. The summed E-state index contributed by atoms with van der Waals surface area (Å²) < 4.78 is 0. The molecule has 156 valence electrons. The topological polar surface area (TPSA) is 110 Å². The molecule has 1 aliphatic rings. The number of aromatic nitrogens is 4. The van der Waals surface area contributed by atoms with Crippen LogP contribution in [0.2, 0.25) is 15.3 Å². The Hall–Kier alpha value is -1.69. The zero-order chi connectivity index (χ0) is 22.0. The van der Waals surface area contributed by atoms with E-state index >= 15 is 0 Å². The fourth-order valence-corrected chi connectivity index (χ4v) is 4.20. The van der Waals surface area contributed by atoms with Gasteiger partial charge in [-0.3, -0.25) is 9.59 Å². The lowest BCUT2D eigenvalue weighted by atomic mass is 10.3. The first-order chi connectivity index (χ1) is 14.2. The second-order valence-electron chi connectivity index (χ2n) is 5.63. The number of aryl methyl sites for hydroxylation is 2. The zero-order valence-corrected chi connectivity index (χ0v) is 19.8. The van der Waals surface area contributed by atoms with Crippen molar-refractivity contribution in [1.82, 2.24) is 25.3 Å². The number of rotatable bonds is 2.